The fourth-order valence-electron chi connectivity index (χ4n) is 3.00. The van der Waals surface area contributed by atoms with Crippen LogP contribution in [-0.4, -0.2) is 13.5 Å². The van der Waals surface area contributed by atoms with Crippen molar-refractivity contribution >= 4 is 34.0 Å². The molecule has 1 aromatic carbocycles. The normalized spacial score (nSPS) is 19.7. The van der Waals surface area contributed by atoms with E-state index >= 15 is 0 Å². The number of ether oxygens (including phenoxy) is 2. The zero-order chi connectivity index (χ0) is 13.3. The average Bonchev–Trinajstić information content (AvgIpc) is 2.86. The Bertz CT molecular complexity index is 459. The molecule has 19 heavy (non-hydrogen) atoms. The smallest absolute Gasteiger partial charge is 0.281 e. The standard InChI is InChI=1S/C14H18Cl2O2Si/c15-19(16,9-11-4-2-1-3-5-11)12-6-7-13-14(8-12)18-10-17-13/h6-8,11H,1-5,9-10H2. The minimum atomic E-state index is -2.40. The summed E-state index contributed by atoms with van der Waals surface area (Å²) in [6.07, 6.45) is 6.56. The predicted octanol–water partition coefficient (Wildman–Crippen LogP) is 4.12. The van der Waals surface area contributed by atoms with Crippen LogP contribution in [0, 0.1) is 5.92 Å². The molecule has 1 fully saturated rings. The summed E-state index contributed by atoms with van der Waals surface area (Å²) in [7, 11) is 0. The summed E-state index contributed by atoms with van der Waals surface area (Å²) in [5, 5.41) is 1.05. The molecule has 1 saturated carbocycles. The summed E-state index contributed by atoms with van der Waals surface area (Å²) in [5.74, 6) is 2.26. The molecule has 0 radical (unpaired) electrons. The van der Waals surface area contributed by atoms with E-state index in [1.54, 1.807) is 0 Å². The first-order valence-electron chi connectivity index (χ1n) is 6.93. The Morgan fingerprint density at radius 1 is 1.05 bits per heavy atom. The Hall–Kier alpha value is -0.383. The lowest BCUT2D eigenvalue weighted by atomic mass is 9.91. The molecule has 0 atom stereocenters. The fraction of sp³-hybridized carbons (Fsp3) is 0.571. The van der Waals surface area contributed by atoms with Crippen LogP contribution in [-0.2, 0) is 0 Å². The van der Waals surface area contributed by atoms with Gasteiger partial charge in [-0.2, -0.15) is 0 Å². The molecule has 0 spiro atoms. The van der Waals surface area contributed by atoms with Crippen molar-refractivity contribution in [2.45, 2.75) is 38.1 Å². The third kappa shape index (κ3) is 3.04. The van der Waals surface area contributed by atoms with Gasteiger partial charge in [0.05, 0.1) is 0 Å². The molecule has 1 heterocycles. The van der Waals surface area contributed by atoms with Crippen LogP contribution in [0.4, 0.5) is 0 Å². The van der Waals surface area contributed by atoms with Crippen LogP contribution in [0.25, 0.3) is 0 Å². The van der Waals surface area contributed by atoms with Gasteiger partial charge in [0.2, 0.25) is 6.79 Å². The molecule has 0 amide bonds. The van der Waals surface area contributed by atoms with E-state index in [0.717, 1.165) is 22.7 Å². The largest absolute Gasteiger partial charge is 0.454 e. The molecule has 104 valence electrons. The summed E-state index contributed by atoms with van der Waals surface area (Å²) < 4.78 is 10.7. The van der Waals surface area contributed by atoms with Gasteiger partial charge in [0, 0.05) is 0 Å². The van der Waals surface area contributed by atoms with Gasteiger partial charge in [-0.15, -0.1) is 22.2 Å². The van der Waals surface area contributed by atoms with Crippen molar-refractivity contribution < 1.29 is 9.47 Å². The lowest BCUT2D eigenvalue weighted by Crippen LogP contribution is -2.38. The highest BCUT2D eigenvalue weighted by atomic mass is 35.7. The first kappa shape index (κ1) is 13.6. The second-order valence-electron chi connectivity index (χ2n) is 5.48. The maximum absolute atomic E-state index is 6.70. The van der Waals surface area contributed by atoms with E-state index in [2.05, 4.69) is 0 Å². The monoisotopic (exact) mass is 316 g/mol. The highest BCUT2D eigenvalue weighted by Gasteiger charge is 2.35. The van der Waals surface area contributed by atoms with Gasteiger partial charge in [-0.05, 0) is 29.3 Å². The number of benzene rings is 1. The van der Waals surface area contributed by atoms with Gasteiger partial charge in [-0.25, -0.2) is 0 Å². The third-order valence-corrected chi connectivity index (χ3v) is 8.55. The van der Waals surface area contributed by atoms with E-state index in [9.17, 15) is 0 Å². The summed E-state index contributed by atoms with van der Waals surface area (Å²) >= 11 is 13.4. The van der Waals surface area contributed by atoms with Gasteiger partial charge >= 0.3 is 0 Å². The van der Waals surface area contributed by atoms with E-state index < -0.39 is 6.69 Å². The Morgan fingerprint density at radius 2 is 1.79 bits per heavy atom. The minimum absolute atomic E-state index is 0.292. The van der Waals surface area contributed by atoms with Crippen molar-refractivity contribution in [1.82, 2.24) is 0 Å². The Labute approximate surface area is 124 Å². The molecule has 1 aromatic rings. The van der Waals surface area contributed by atoms with Gasteiger partial charge in [-0.3, -0.25) is 0 Å². The Morgan fingerprint density at radius 3 is 2.58 bits per heavy atom. The van der Waals surface area contributed by atoms with Gasteiger partial charge in [0.1, 0.15) is 0 Å². The molecule has 2 aliphatic rings. The lowest BCUT2D eigenvalue weighted by Gasteiger charge is -2.27. The molecule has 2 nitrogen and oxygen atoms in total. The molecule has 1 aliphatic heterocycles. The van der Waals surface area contributed by atoms with E-state index in [1.807, 2.05) is 18.2 Å². The van der Waals surface area contributed by atoms with Crippen molar-refractivity contribution in [3.63, 3.8) is 0 Å². The first-order valence-corrected chi connectivity index (χ1v) is 11.2. The van der Waals surface area contributed by atoms with E-state index in [-0.39, 0.29) is 0 Å². The molecule has 1 aliphatic carbocycles. The predicted molar refractivity (Wildman–Crippen MR) is 81.0 cm³/mol. The van der Waals surface area contributed by atoms with Crippen LogP contribution in [0.2, 0.25) is 6.04 Å². The Kier molecular flexibility index (Phi) is 3.97. The van der Waals surface area contributed by atoms with Gasteiger partial charge in [0.25, 0.3) is 6.69 Å². The van der Waals surface area contributed by atoms with Crippen LogP contribution in [0.1, 0.15) is 32.1 Å². The summed E-state index contributed by atoms with van der Waals surface area (Å²) in [4.78, 5) is 0. The lowest BCUT2D eigenvalue weighted by molar-refractivity contribution is 0.174. The molecule has 5 heteroatoms. The maximum atomic E-state index is 6.70. The summed E-state index contributed by atoms with van der Waals surface area (Å²) in [6, 6.07) is 6.85. The van der Waals surface area contributed by atoms with Gasteiger partial charge in [0.15, 0.2) is 11.5 Å². The van der Waals surface area contributed by atoms with Crippen molar-refractivity contribution in [2.24, 2.45) is 5.92 Å². The number of hydrogen-bond acceptors (Lipinski definition) is 2. The first-order chi connectivity index (χ1) is 9.15. The molecule has 0 unspecified atom stereocenters. The summed E-state index contributed by atoms with van der Waals surface area (Å²) in [5.41, 5.74) is 0. The number of halogens is 2. The third-order valence-electron chi connectivity index (χ3n) is 4.06. The van der Waals surface area contributed by atoms with Crippen molar-refractivity contribution in [3.8, 4) is 11.5 Å². The van der Waals surface area contributed by atoms with E-state index in [0.29, 0.717) is 12.7 Å². The fourth-order valence-corrected chi connectivity index (χ4v) is 7.05. The quantitative estimate of drug-likeness (QED) is 0.617. The van der Waals surface area contributed by atoms with Crippen LogP contribution in [0.5, 0.6) is 11.5 Å². The minimum Gasteiger partial charge on any atom is -0.454 e. The molecule has 0 saturated heterocycles. The van der Waals surface area contributed by atoms with Crippen LogP contribution >= 0.6 is 22.2 Å². The number of rotatable bonds is 3. The highest BCUT2D eigenvalue weighted by molar-refractivity contribution is 7.51. The Balaban J connectivity index is 1.75. The zero-order valence-electron chi connectivity index (χ0n) is 10.8. The van der Waals surface area contributed by atoms with Crippen molar-refractivity contribution in [2.75, 3.05) is 6.79 Å². The maximum Gasteiger partial charge on any atom is 0.281 e. The SMILES string of the molecule is Cl[Si](Cl)(CC1CCCCC1)c1ccc2c(c1)OCO2. The van der Waals surface area contributed by atoms with E-state index in [4.69, 9.17) is 31.6 Å². The van der Waals surface area contributed by atoms with Gasteiger partial charge in [-0.1, -0.05) is 38.2 Å². The second-order valence-corrected chi connectivity index (χ2v) is 12.3. The molecule has 0 bridgehead atoms. The number of fused-ring (bicyclic) bond motifs is 1. The highest BCUT2D eigenvalue weighted by Crippen LogP contribution is 2.36. The topological polar surface area (TPSA) is 18.5 Å². The second kappa shape index (κ2) is 5.55. The molecule has 0 N–H and O–H groups in total. The molecular formula is C14H18Cl2O2Si. The van der Waals surface area contributed by atoms with Crippen LogP contribution < -0.4 is 14.7 Å². The van der Waals surface area contributed by atoms with Gasteiger partial charge < -0.3 is 9.47 Å². The average molecular weight is 317 g/mol. The molecular weight excluding hydrogens is 299 g/mol. The molecule has 3 rings (SSSR count). The zero-order valence-corrected chi connectivity index (χ0v) is 13.3. The molecule has 0 aromatic heterocycles. The van der Waals surface area contributed by atoms with Crippen LogP contribution in [0.3, 0.4) is 0 Å². The summed E-state index contributed by atoms with van der Waals surface area (Å²) in [6.45, 7) is -2.11. The van der Waals surface area contributed by atoms with E-state index in [1.165, 1.54) is 32.1 Å². The van der Waals surface area contributed by atoms with Crippen molar-refractivity contribution in [1.29, 1.82) is 0 Å². The van der Waals surface area contributed by atoms with Crippen LogP contribution in [0.15, 0.2) is 18.2 Å². The number of hydrogen-bond donors (Lipinski definition) is 0. The van der Waals surface area contributed by atoms with Crippen molar-refractivity contribution in [3.05, 3.63) is 18.2 Å².